The molecule has 7 heteroatoms. The number of amides is 1. The van der Waals surface area contributed by atoms with E-state index in [1.807, 2.05) is 16.7 Å². The fourth-order valence-corrected chi connectivity index (χ4v) is 3.65. The minimum Gasteiger partial charge on any atom is -0.497 e. The molecular formula is C20H18N2O4S. The van der Waals surface area contributed by atoms with Crippen LogP contribution in [-0.2, 0) is 6.54 Å². The van der Waals surface area contributed by atoms with E-state index < -0.39 is 0 Å². The first kappa shape index (κ1) is 18.5. The number of carbonyl (C=O) groups is 1. The Morgan fingerprint density at radius 2 is 1.78 bits per heavy atom. The monoisotopic (exact) mass is 382 g/mol. The van der Waals surface area contributed by atoms with E-state index in [4.69, 9.17) is 20.6 Å². The Morgan fingerprint density at radius 1 is 1.11 bits per heavy atom. The van der Waals surface area contributed by atoms with Crippen LogP contribution in [0.2, 0.25) is 0 Å². The summed E-state index contributed by atoms with van der Waals surface area (Å²) in [5, 5.41) is 0. The average molecular weight is 382 g/mol. The number of terminal acetylenes is 1. The second kappa shape index (κ2) is 7.98. The van der Waals surface area contributed by atoms with Gasteiger partial charge in [0.25, 0.3) is 5.91 Å². The maximum Gasteiger partial charge on any atom is 0.279 e. The molecule has 1 heterocycles. The maximum absolute atomic E-state index is 12.6. The number of methoxy groups -OCH3 is 3. The second-order valence-corrected chi connectivity index (χ2v) is 6.50. The van der Waals surface area contributed by atoms with Gasteiger partial charge in [0.15, 0.2) is 16.3 Å². The molecule has 0 saturated carbocycles. The van der Waals surface area contributed by atoms with Crippen LogP contribution in [-0.4, -0.2) is 31.8 Å². The topological polar surface area (TPSA) is 62.1 Å². The Labute approximate surface area is 160 Å². The van der Waals surface area contributed by atoms with E-state index in [-0.39, 0.29) is 12.5 Å². The van der Waals surface area contributed by atoms with Gasteiger partial charge >= 0.3 is 0 Å². The molecule has 3 rings (SSSR count). The van der Waals surface area contributed by atoms with Gasteiger partial charge in [0.1, 0.15) is 5.75 Å². The van der Waals surface area contributed by atoms with Gasteiger partial charge in [0, 0.05) is 17.7 Å². The smallest absolute Gasteiger partial charge is 0.279 e. The van der Waals surface area contributed by atoms with E-state index in [1.54, 1.807) is 45.6 Å². The highest BCUT2D eigenvalue weighted by molar-refractivity contribution is 7.16. The van der Waals surface area contributed by atoms with Gasteiger partial charge in [0.2, 0.25) is 0 Å². The van der Waals surface area contributed by atoms with Crippen LogP contribution in [0.3, 0.4) is 0 Å². The zero-order valence-electron chi connectivity index (χ0n) is 15.2. The Morgan fingerprint density at radius 3 is 2.37 bits per heavy atom. The van der Waals surface area contributed by atoms with Gasteiger partial charge in [0.05, 0.1) is 38.1 Å². The third-order valence-corrected chi connectivity index (χ3v) is 5.01. The molecule has 27 heavy (non-hydrogen) atoms. The van der Waals surface area contributed by atoms with Gasteiger partial charge in [-0.05, 0) is 24.3 Å². The molecule has 0 fully saturated rings. The number of benzene rings is 2. The van der Waals surface area contributed by atoms with Crippen LogP contribution in [0.4, 0.5) is 0 Å². The number of ether oxygens (including phenoxy) is 3. The predicted octanol–water partition coefficient (Wildman–Crippen LogP) is 3.10. The van der Waals surface area contributed by atoms with Gasteiger partial charge in [-0.2, -0.15) is 4.99 Å². The Bertz CT molecular complexity index is 1090. The summed E-state index contributed by atoms with van der Waals surface area (Å²) in [5.41, 5.74) is 1.30. The number of nitrogens with zero attached hydrogens (tertiary/aromatic N) is 2. The Kier molecular flexibility index (Phi) is 5.48. The quantitative estimate of drug-likeness (QED) is 0.636. The van der Waals surface area contributed by atoms with Crippen LogP contribution < -0.4 is 19.0 Å². The van der Waals surface area contributed by atoms with Crippen molar-refractivity contribution in [3.63, 3.8) is 0 Å². The van der Waals surface area contributed by atoms with Gasteiger partial charge in [-0.25, -0.2) is 0 Å². The molecule has 0 aliphatic carbocycles. The van der Waals surface area contributed by atoms with E-state index in [1.165, 1.54) is 11.3 Å². The van der Waals surface area contributed by atoms with E-state index in [0.29, 0.717) is 27.6 Å². The number of aromatic nitrogens is 1. The molecule has 0 aliphatic heterocycles. The van der Waals surface area contributed by atoms with Crippen molar-refractivity contribution in [2.45, 2.75) is 6.54 Å². The highest BCUT2D eigenvalue weighted by Crippen LogP contribution is 2.33. The van der Waals surface area contributed by atoms with E-state index in [0.717, 1.165) is 10.2 Å². The molecule has 0 bridgehead atoms. The van der Waals surface area contributed by atoms with Gasteiger partial charge in [-0.15, -0.1) is 6.42 Å². The lowest BCUT2D eigenvalue weighted by Crippen LogP contribution is -2.16. The van der Waals surface area contributed by atoms with Gasteiger partial charge in [-0.1, -0.05) is 17.3 Å². The fraction of sp³-hybridized carbons (Fsp3) is 0.200. The summed E-state index contributed by atoms with van der Waals surface area (Å²) in [7, 11) is 4.72. The van der Waals surface area contributed by atoms with Crippen molar-refractivity contribution in [2.75, 3.05) is 21.3 Å². The van der Waals surface area contributed by atoms with Crippen molar-refractivity contribution in [3.8, 4) is 29.6 Å². The highest BCUT2D eigenvalue weighted by Gasteiger charge is 2.13. The molecule has 2 aromatic carbocycles. The normalized spacial score (nSPS) is 11.3. The third-order valence-electron chi connectivity index (χ3n) is 3.97. The summed E-state index contributed by atoms with van der Waals surface area (Å²) in [6.07, 6.45) is 5.52. The molecule has 0 radical (unpaired) electrons. The molecule has 6 nitrogen and oxygen atoms in total. The summed E-state index contributed by atoms with van der Waals surface area (Å²) in [6.45, 7) is 0.282. The molecule has 0 N–H and O–H groups in total. The minimum absolute atomic E-state index is 0.282. The van der Waals surface area contributed by atoms with Crippen LogP contribution in [0.25, 0.3) is 10.2 Å². The third kappa shape index (κ3) is 3.66. The lowest BCUT2D eigenvalue weighted by atomic mass is 10.2. The first-order valence-corrected chi connectivity index (χ1v) is 8.84. The molecule has 0 aliphatic rings. The maximum atomic E-state index is 12.6. The number of thiazole rings is 1. The van der Waals surface area contributed by atoms with Crippen LogP contribution in [0.15, 0.2) is 41.4 Å². The van der Waals surface area contributed by atoms with Crippen molar-refractivity contribution in [3.05, 3.63) is 46.8 Å². The summed E-state index contributed by atoms with van der Waals surface area (Å²) in [5.74, 6) is 4.12. The Hall–Kier alpha value is -3.24. The van der Waals surface area contributed by atoms with E-state index >= 15 is 0 Å². The van der Waals surface area contributed by atoms with Crippen molar-refractivity contribution in [1.82, 2.24) is 4.57 Å². The second-order valence-electron chi connectivity index (χ2n) is 5.50. The fourth-order valence-electron chi connectivity index (χ4n) is 2.61. The number of carbonyl (C=O) groups excluding carboxylic acids is 1. The number of hydrogen-bond acceptors (Lipinski definition) is 5. The largest absolute Gasteiger partial charge is 0.497 e. The lowest BCUT2D eigenvalue weighted by Gasteiger charge is -2.08. The SMILES string of the molecule is C#CCn1c(=NC(=O)c2ccc(OC)cc2)sc2cc(OC)c(OC)cc21. The molecule has 138 valence electrons. The zero-order chi connectivity index (χ0) is 19.4. The first-order valence-electron chi connectivity index (χ1n) is 8.03. The van der Waals surface area contributed by atoms with Crippen molar-refractivity contribution < 1.29 is 19.0 Å². The van der Waals surface area contributed by atoms with E-state index in [2.05, 4.69) is 10.9 Å². The van der Waals surface area contributed by atoms with Crippen LogP contribution in [0.5, 0.6) is 17.2 Å². The van der Waals surface area contributed by atoms with Crippen LogP contribution >= 0.6 is 11.3 Å². The van der Waals surface area contributed by atoms with Crippen LogP contribution in [0, 0.1) is 12.3 Å². The Balaban J connectivity index is 2.14. The standard InChI is InChI=1S/C20H18N2O4S/c1-5-10-22-15-11-16(25-3)17(26-4)12-18(15)27-20(22)21-19(23)13-6-8-14(24-2)9-7-13/h1,6-9,11-12H,10H2,2-4H3. The molecule has 0 unspecified atom stereocenters. The average Bonchev–Trinajstić information content (AvgIpc) is 3.03. The molecule has 0 saturated heterocycles. The van der Waals surface area contributed by atoms with Crippen LogP contribution in [0.1, 0.15) is 10.4 Å². The summed E-state index contributed by atoms with van der Waals surface area (Å²) < 4.78 is 18.5. The van der Waals surface area contributed by atoms with Crippen molar-refractivity contribution in [2.24, 2.45) is 4.99 Å². The molecular weight excluding hydrogens is 364 g/mol. The molecule has 3 aromatic rings. The minimum atomic E-state index is -0.353. The van der Waals surface area contributed by atoms with Gasteiger partial charge < -0.3 is 18.8 Å². The highest BCUT2D eigenvalue weighted by atomic mass is 32.1. The first-order chi connectivity index (χ1) is 13.1. The molecule has 1 amide bonds. The summed E-state index contributed by atoms with van der Waals surface area (Å²) in [4.78, 5) is 17.4. The lowest BCUT2D eigenvalue weighted by molar-refractivity contribution is 0.0998. The van der Waals surface area contributed by atoms with Gasteiger partial charge in [-0.3, -0.25) is 4.79 Å². The molecule has 0 spiro atoms. The molecule has 0 atom stereocenters. The van der Waals surface area contributed by atoms with Crippen molar-refractivity contribution in [1.29, 1.82) is 0 Å². The number of fused-ring (bicyclic) bond motifs is 1. The zero-order valence-corrected chi connectivity index (χ0v) is 16.0. The number of hydrogen-bond donors (Lipinski definition) is 0. The molecule has 1 aromatic heterocycles. The summed E-state index contributed by atoms with van der Waals surface area (Å²) >= 11 is 1.36. The van der Waals surface area contributed by atoms with Crippen molar-refractivity contribution >= 4 is 27.5 Å². The predicted molar refractivity (Wildman–Crippen MR) is 105 cm³/mol. The summed E-state index contributed by atoms with van der Waals surface area (Å²) in [6, 6.07) is 10.5. The van der Waals surface area contributed by atoms with E-state index in [9.17, 15) is 4.79 Å². The number of rotatable bonds is 5.